The van der Waals surface area contributed by atoms with Crippen molar-refractivity contribution in [1.29, 1.82) is 0 Å². The molecule has 6 rings (SSSR count). The molecule has 2 bridgehead atoms. The molecule has 146 valence electrons. The van der Waals surface area contributed by atoms with Crippen LogP contribution in [0.1, 0.15) is 34.7 Å². The SMILES string of the molecule is COc1cccc([C@H]2CN(c3ccc(C(N)=O)cn3)[C@@H]3C4CCN(CC4)[C@H]23)c1. The average Bonchev–Trinajstić information content (AvgIpc) is 3.18. The number of pyridine rings is 1. The zero-order chi connectivity index (χ0) is 19.3. The summed E-state index contributed by atoms with van der Waals surface area (Å²) in [5.41, 5.74) is 7.18. The van der Waals surface area contributed by atoms with E-state index in [9.17, 15) is 4.79 Å². The van der Waals surface area contributed by atoms with E-state index in [0.29, 0.717) is 29.5 Å². The lowest BCUT2D eigenvalue weighted by Gasteiger charge is -2.51. The zero-order valence-corrected chi connectivity index (χ0v) is 16.1. The minimum absolute atomic E-state index is 0.417. The molecule has 4 aliphatic rings. The number of hydrogen-bond donors (Lipinski definition) is 1. The van der Waals surface area contributed by atoms with Crippen LogP contribution in [0.4, 0.5) is 5.82 Å². The number of methoxy groups -OCH3 is 1. The Kier molecular flexibility index (Phi) is 4.23. The van der Waals surface area contributed by atoms with Crippen molar-refractivity contribution in [1.82, 2.24) is 9.88 Å². The minimum Gasteiger partial charge on any atom is -0.497 e. The number of nitrogens with zero attached hydrogens (tertiary/aromatic N) is 3. The predicted molar refractivity (Wildman–Crippen MR) is 108 cm³/mol. The fraction of sp³-hybridized carbons (Fsp3) is 0.455. The van der Waals surface area contributed by atoms with Crippen LogP contribution < -0.4 is 15.4 Å². The Labute approximate surface area is 165 Å². The lowest BCUT2D eigenvalue weighted by molar-refractivity contribution is 0.0354. The molecule has 4 aliphatic heterocycles. The van der Waals surface area contributed by atoms with Gasteiger partial charge in [0, 0.05) is 30.7 Å². The Balaban J connectivity index is 1.52. The van der Waals surface area contributed by atoms with Crippen LogP contribution in [-0.4, -0.2) is 54.6 Å². The molecule has 28 heavy (non-hydrogen) atoms. The number of aromatic nitrogens is 1. The lowest BCUT2D eigenvalue weighted by Crippen LogP contribution is -2.60. The highest BCUT2D eigenvalue weighted by atomic mass is 16.5. The molecule has 0 aliphatic carbocycles. The van der Waals surface area contributed by atoms with Crippen molar-refractivity contribution in [3.05, 3.63) is 53.7 Å². The van der Waals surface area contributed by atoms with Gasteiger partial charge in [-0.2, -0.15) is 0 Å². The summed E-state index contributed by atoms with van der Waals surface area (Å²) in [6, 6.07) is 13.2. The van der Waals surface area contributed by atoms with Gasteiger partial charge in [0.25, 0.3) is 0 Å². The molecule has 2 aromatic rings. The van der Waals surface area contributed by atoms with Crippen molar-refractivity contribution in [2.24, 2.45) is 11.7 Å². The Bertz CT molecular complexity index is 876. The third kappa shape index (κ3) is 2.75. The molecular formula is C22H26N4O2. The Hall–Kier alpha value is -2.60. The quantitative estimate of drug-likeness (QED) is 0.884. The summed E-state index contributed by atoms with van der Waals surface area (Å²) in [4.78, 5) is 21.2. The van der Waals surface area contributed by atoms with Gasteiger partial charge >= 0.3 is 0 Å². The number of benzene rings is 1. The van der Waals surface area contributed by atoms with Crippen molar-refractivity contribution in [2.75, 3.05) is 31.6 Å². The van der Waals surface area contributed by atoms with Gasteiger partial charge in [-0.15, -0.1) is 0 Å². The fourth-order valence-corrected chi connectivity index (χ4v) is 5.55. The van der Waals surface area contributed by atoms with Gasteiger partial charge in [0.15, 0.2) is 0 Å². The van der Waals surface area contributed by atoms with E-state index in [-0.39, 0.29) is 0 Å². The first-order chi connectivity index (χ1) is 13.7. The number of carbonyl (C=O) groups is 1. The number of nitrogens with two attached hydrogens (primary N) is 1. The van der Waals surface area contributed by atoms with Gasteiger partial charge in [-0.25, -0.2) is 4.98 Å². The maximum absolute atomic E-state index is 11.4. The summed E-state index contributed by atoms with van der Waals surface area (Å²) < 4.78 is 5.48. The number of piperidine rings is 3. The van der Waals surface area contributed by atoms with Crippen molar-refractivity contribution < 1.29 is 9.53 Å². The van der Waals surface area contributed by atoms with Crippen molar-refractivity contribution >= 4 is 11.7 Å². The van der Waals surface area contributed by atoms with Gasteiger partial charge < -0.3 is 15.4 Å². The predicted octanol–water partition coefficient (Wildman–Crippen LogP) is 2.26. The number of ether oxygens (including phenoxy) is 1. The summed E-state index contributed by atoms with van der Waals surface area (Å²) in [5.74, 6) is 2.53. The van der Waals surface area contributed by atoms with E-state index in [1.165, 1.54) is 31.5 Å². The van der Waals surface area contributed by atoms with E-state index in [1.54, 1.807) is 19.4 Å². The minimum atomic E-state index is -0.435. The first kappa shape index (κ1) is 17.5. The van der Waals surface area contributed by atoms with Crippen molar-refractivity contribution in [3.63, 3.8) is 0 Å². The van der Waals surface area contributed by atoms with Gasteiger partial charge in [0.1, 0.15) is 11.6 Å². The van der Waals surface area contributed by atoms with E-state index >= 15 is 0 Å². The molecule has 0 unspecified atom stereocenters. The molecule has 6 nitrogen and oxygen atoms in total. The molecule has 6 heteroatoms. The highest BCUT2D eigenvalue weighted by Gasteiger charge is 2.53. The van der Waals surface area contributed by atoms with Crippen molar-refractivity contribution in [2.45, 2.75) is 30.8 Å². The second kappa shape index (κ2) is 6.78. The second-order valence-electron chi connectivity index (χ2n) is 8.16. The van der Waals surface area contributed by atoms with Gasteiger partial charge in [-0.1, -0.05) is 12.1 Å². The summed E-state index contributed by atoms with van der Waals surface area (Å²) in [7, 11) is 1.72. The molecule has 2 N–H and O–H groups in total. The van der Waals surface area contributed by atoms with Crippen molar-refractivity contribution in [3.8, 4) is 5.75 Å². The van der Waals surface area contributed by atoms with Gasteiger partial charge in [-0.3, -0.25) is 9.69 Å². The van der Waals surface area contributed by atoms with Crippen LogP contribution in [0.15, 0.2) is 42.6 Å². The Morgan fingerprint density at radius 3 is 2.68 bits per heavy atom. The number of carbonyl (C=O) groups excluding carboxylic acids is 1. The first-order valence-electron chi connectivity index (χ1n) is 10.1. The van der Waals surface area contributed by atoms with Crippen LogP contribution in [0.25, 0.3) is 0 Å². The van der Waals surface area contributed by atoms with E-state index < -0.39 is 5.91 Å². The van der Waals surface area contributed by atoms with Crippen LogP contribution in [0.2, 0.25) is 0 Å². The van der Waals surface area contributed by atoms with E-state index in [2.05, 4.69) is 33.0 Å². The normalized spacial score (nSPS) is 30.9. The molecular weight excluding hydrogens is 352 g/mol. The third-order valence-corrected chi connectivity index (χ3v) is 6.84. The van der Waals surface area contributed by atoms with E-state index in [4.69, 9.17) is 10.5 Å². The number of amides is 1. The summed E-state index contributed by atoms with van der Waals surface area (Å²) in [6.45, 7) is 3.31. The topological polar surface area (TPSA) is 71.7 Å². The zero-order valence-electron chi connectivity index (χ0n) is 16.1. The number of rotatable bonds is 4. The molecule has 5 heterocycles. The van der Waals surface area contributed by atoms with Crippen LogP contribution in [0, 0.1) is 5.92 Å². The van der Waals surface area contributed by atoms with Crippen LogP contribution >= 0.6 is 0 Å². The maximum atomic E-state index is 11.4. The monoisotopic (exact) mass is 378 g/mol. The summed E-state index contributed by atoms with van der Waals surface area (Å²) in [5, 5.41) is 0. The number of primary amides is 1. The third-order valence-electron chi connectivity index (χ3n) is 6.84. The number of hydrogen-bond acceptors (Lipinski definition) is 5. The number of anilines is 1. The maximum Gasteiger partial charge on any atom is 0.250 e. The Morgan fingerprint density at radius 1 is 1.18 bits per heavy atom. The van der Waals surface area contributed by atoms with Gasteiger partial charge in [0.05, 0.1) is 12.7 Å². The van der Waals surface area contributed by atoms with Gasteiger partial charge in [0.2, 0.25) is 5.91 Å². The standard InChI is InChI=1S/C22H26N4O2/c1-28-17-4-2-3-15(11-17)18-13-26(19-6-5-16(12-24-19)22(23)27)20-14-7-9-25(10-8-14)21(18)20/h2-6,11-12,14,18,20-21H,7-10,13H2,1H3,(H2,23,27)/t18-,20-,21-/m1/s1. The molecule has 4 saturated heterocycles. The van der Waals surface area contributed by atoms with Crippen LogP contribution in [-0.2, 0) is 0 Å². The molecule has 1 amide bonds. The van der Waals surface area contributed by atoms with Crippen LogP contribution in [0.5, 0.6) is 5.75 Å². The summed E-state index contributed by atoms with van der Waals surface area (Å²) >= 11 is 0. The molecule has 0 saturated carbocycles. The second-order valence-corrected chi connectivity index (χ2v) is 8.16. The molecule has 3 atom stereocenters. The highest BCUT2D eigenvalue weighted by Crippen LogP contribution is 2.47. The molecule has 0 spiro atoms. The van der Waals surface area contributed by atoms with E-state index in [1.807, 2.05) is 12.1 Å². The summed E-state index contributed by atoms with van der Waals surface area (Å²) in [6.07, 6.45) is 4.11. The largest absolute Gasteiger partial charge is 0.497 e. The highest BCUT2D eigenvalue weighted by molar-refractivity contribution is 5.92. The lowest BCUT2D eigenvalue weighted by atomic mass is 9.75. The van der Waals surface area contributed by atoms with Crippen LogP contribution in [0.3, 0.4) is 0 Å². The fourth-order valence-electron chi connectivity index (χ4n) is 5.55. The smallest absolute Gasteiger partial charge is 0.250 e. The Morgan fingerprint density at radius 2 is 2.00 bits per heavy atom. The van der Waals surface area contributed by atoms with E-state index in [0.717, 1.165) is 18.1 Å². The molecule has 4 fully saturated rings. The molecule has 1 aromatic carbocycles. The van der Waals surface area contributed by atoms with Gasteiger partial charge in [-0.05, 0) is 61.7 Å². The molecule has 0 radical (unpaired) electrons. The first-order valence-corrected chi connectivity index (χ1v) is 10.1. The number of fused-ring (bicyclic) bond motifs is 2. The average molecular weight is 378 g/mol. The molecule has 1 aromatic heterocycles.